The molecule has 1 aliphatic rings. The number of para-hydroxylation sites is 1. The number of carbonyl (C=O) groups excluding carboxylic acids is 2. The van der Waals surface area contributed by atoms with E-state index in [2.05, 4.69) is 10.3 Å². The van der Waals surface area contributed by atoms with E-state index in [-0.39, 0.29) is 5.82 Å². The summed E-state index contributed by atoms with van der Waals surface area (Å²) in [5, 5.41) is 2.86. The van der Waals surface area contributed by atoms with Gasteiger partial charge in [-0.1, -0.05) is 30.3 Å². The molecule has 6 heteroatoms. The zero-order valence-corrected chi connectivity index (χ0v) is 13.8. The molecule has 124 valence electrons. The van der Waals surface area contributed by atoms with E-state index in [1.807, 2.05) is 30.5 Å². The van der Waals surface area contributed by atoms with Crippen molar-refractivity contribution in [2.45, 2.75) is 6.42 Å². The lowest BCUT2D eigenvalue weighted by molar-refractivity contribution is -0.115. The molecule has 1 aromatic heterocycles. The molecule has 0 aliphatic carbocycles. The van der Waals surface area contributed by atoms with Crippen molar-refractivity contribution in [3.8, 4) is 0 Å². The molecule has 0 radical (unpaired) electrons. The predicted octanol–water partition coefficient (Wildman–Crippen LogP) is 4.24. The van der Waals surface area contributed by atoms with E-state index in [4.69, 9.17) is 0 Å². The summed E-state index contributed by atoms with van der Waals surface area (Å²) < 4.78 is 13.6. The van der Waals surface area contributed by atoms with Gasteiger partial charge in [0.15, 0.2) is 0 Å². The molecule has 4 rings (SSSR count). The Kier molecular flexibility index (Phi) is 3.89. The molecule has 1 fully saturated rings. The summed E-state index contributed by atoms with van der Waals surface area (Å²) in [4.78, 5) is 27.4. The number of hydrogen-bond acceptors (Lipinski definition) is 3. The summed E-state index contributed by atoms with van der Waals surface area (Å²) in [7, 11) is 0. The van der Waals surface area contributed by atoms with Crippen molar-refractivity contribution >= 4 is 39.4 Å². The molecular formula is C19H13FN2O2S. The van der Waals surface area contributed by atoms with Gasteiger partial charge in [0.05, 0.1) is 4.91 Å². The van der Waals surface area contributed by atoms with Gasteiger partial charge in [-0.05, 0) is 47.5 Å². The van der Waals surface area contributed by atoms with Gasteiger partial charge in [-0.25, -0.2) is 4.39 Å². The third-order valence-corrected chi connectivity index (χ3v) is 5.00. The number of thioether (sulfide) groups is 1. The lowest BCUT2D eigenvalue weighted by Gasteiger charge is -2.10. The van der Waals surface area contributed by atoms with Crippen LogP contribution in [0.3, 0.4) is 0 Å². The van der Waals surface area contributed by atoms with Crippen LogP contribution in [0.2, 0.25) is 0 Å². The first-order valence-electron chi connectivity index (χ1n) is 7.69. The average molecular weight is 352 g/mol. The molecule has 2 aromatic carbocycles. The first kappa shape index (κ1) is 15.7. The van der Waals surface area contributed by atoms with Gasteiger partial charge in [-0.15, -0.1) is 0 Å². The van der Waals surface area contributed by atoms with E-state index in [9.17, 15) is 14.0 Å². The van der Waals surface area contributed by atoms with Gasteiger partial charge in [0.25, 0.3) is 11.1 Å². The highest BCUT2D eigenvalue weighted by Crippen LogP contribution is 2.36. The lowest BCUT2D eigenvalue weighted by Crippen LogP contribution is -2.18. The summed E-state index contributed by atoms with van der Waals surface area (Å²) in [6, 6.07) is 14.0. The Bertz CT molecular complexity index is 1040. The molecule has 3 aromatic rings. The minimum Gasteiger partial charge on any atom is -0.361 e. The zero-order chi connectivity index (χ0) is 17.4. The molecule has 1 saturated heterocycles. The number of aromatic amines is 1. The standard InChI is InChI=1S/C19H13FN2O2S/c20-12-5-3-4-11(8-12)9-14(17-18(23)22-19(24)25-17)15-10-21-16-7-2-1-6-13(15)16/h1-8,10,21H,9H2,(H,22,23,24). The number of hydrogen-bond donors (Lipinski definition) is 2. The second-order valence-electron chi connectivity index (χ2n) is 5.71. The Morgan fingerprint density at radius 3 is 2.68 bits per heavy atom. The van der Waals surface area contributed by atoms with Crippen LogP contribution >= 0.6 is 11.8 Å². The fourth-order valence-corrected chi connectivity index (χ4v) is 3.76. The molecule has 4 nitrogen and oxygen atoms in total. The van der Waals surface area contributed by atoms with Gasteiger partial charge < -0.3 is 4.98 Å². The molecule has 0 unspecified atom stereocenters. The first-order chi connectivity index (χ1) is 12.1. The topological polar surface area (TPSA) is 62.0 Å². The minimum atomic E-state index is -0.410. The second kappa shape index (κ2) is 6.22. The van der Waals surface area contributed by atoms with Gasteiger partial charge in [0.2, 0.25) is 0 Å². The SMILES string of the molecule is O=C1NC(=O)C(=C(Cc2cccc(F)c2)c2c[nH]c3ccccc23)S1. The largest absolute Gasteiger partial charge is 0.361 e. The van der Waals surface area contributed by atoms with Crippen molar-refractivity contribution in [2.24, 2.45) is 0 Å². The molecule has 0 saturated carbocycles. The normalized spacial score (nSPS) is 16.4. The number of imide groups is 1. The Morgan fingerprint density at radius 1 is 1.08 bits per heavy atom. The van der Waals surface area contributed by atoms with E-state index in [0.717, 1.165) is 33.8 Å². The molecule has 0 bridgehead atoms. The summed E-state index contributed by atoms with van der Waals surface area (Å²) in [6.07, 6.45) is 2.17. The summed E-state index contributed by atoms with van der Waals surface area (Å²) in [5.74, 6) is -0.743. The van der Waals surface area contributed by atoms with Gasteiger partial charge in [-0.2, -0.15) is 0 Å². The highest BCUT2D eigenvalue weighted by molar-refractivity contribution is 8.18. The van der Waals surface area contributed by atoms with E-state index >= 15 is 0 Å². The van der Waals surface area contributed by atoms with Crippen molar-refractivity contribution in [1.29, 1.82) is 0 Å². The molecule has 25 heavy (non-hydrogen) atoms. The lowest BCUT2D eigenvalue weighted by atomic mass is 9.97. The van der Waals surface area contributed by atoms with Crippen LogP contribution in [0.4, 0.5) is 9.18 Å². The average Bonchev–Trinajstić information content (AvgIpc) is 3.16. The van der Waals surface area contributed by atoms with E-state index in [0.29, 0.717) is 16.9 Å². The molecule has 2 amide bonds. The van der Waals surface area contributed by atoms with Crippen LogP contribution in [0.1, 0.15) is 11.1 Å². The third-order valence-electron chi connectivity index (χ3n) is 4.07. The molecule has 2 heterocycles. The van der Waals surface area contributed by atoms with Crippen molar-refractivity contribution < 1.29 is 14.0 Å². The number of nitrogens with one attached hydrogen (secondary N) is 2. The Balaban J connectivity index is 1.89. The third kappa shape index (κ3) is 2.96. The quantitative estimate of drug-likeness (QED) is 0.693. The summed E-state index contributed by atoms with van der Waals surface area (Å²) in [6.45, 7) is 0. The maximum Gasteiger partial charge on any atom is 0.290 e. The van der Waals surface area contributed by atoms with Gasteiger partial charge >= 0.3 is 0 Å². The number of carbonyl (C=O) groups is 2. The number of rotatable bonds is 3. The molecule has 0 spiro atoms. The van der Waals surface area contributed by atoms with Crippen molar-refractivity contribution in [3.05, 3.63) is 76.6 Å². The number of H-pyrrole nitrogens is 1. The number of amides is 2. The van der Waals surface area contributed by atoms with E-state index in [1.54, 1.807) is 12.1 Å². The number of fused-ring (bicyclic) bond motifs is 1. The van der Waals surface area contributed by atoms with Crippen LogP contribution in [-0.2, 0) is 11.2 Å². The molecule has 1 aliphatic heterocycles. The van der Waals surface area contributed by atoms with Crippen LogP contribution in [0.5, 0.6) is 0 Å². The van der Waals surface area contributed by atoms with Gasteiger partial charge in [0.1, 0.15) is 5.82 Å². The Morgan fingerprint density at radius 2 is 1.92 bits per heavy atom. The van der Waals surface area contributed by atoms with Gasteiger partial charge in [0, 0.05) is 22.7 Å². The molecular weight excluding hydrogens is 339 g/mol. The number of allylic oxidation sites excluding steroid dienone is 1. The Labute approximate surface area is 147 Å². The van der Waals surface area contributed by atoms with Crippen molar-refractivity contribution in [1.82, 2.24) is 10.3 Å². The monoisotopic (exact) mass is 352 g/mol. The number of aromatic nitrogens is 1. The fraction of sp³-hybridized carbons (Fsp3) is 0.0526. The predicted molar refractivity (Wildman–Crippen MR) is 96.5 cm³/mol. The van der Waals surface area contributed by atoms with Crippen LogP contribution in [0.25, 0.3) is 16.5 Å². The highest BCUT2D eigenvalue weighted by Gasteiger charge is 2.30. The minimum absolute atomic E-state index is 0.333. The fourth-order valence-electron chi connectivity index (χ4n) is 2.98. The smallest absolute Gasteiger partial charge is 0.290 e. The first-order valence-corrected chi connectivity index (χ1v) is 8.51. The van der Waals surface area contributed by atoms with E-state index in [1.165, 1.54) is 12.1 Å². The molecule has 0 atom stereocenters. The van der Waals surface area contributed by atoms with Crippen LogP contribution in [-0.4, -0.2) is 16.1 Å². The highest BCUT2D eigenvalue weighted by atomic mass is 32.2. The summed E-state index contributed by atoms with van der Waals surface area (Å²) >= 11 is 0.884. The van der Waals surface area contributed by atoms with E-state index < -0.39 is 11.1 Å². The van der Waals surface area contributed by atoms with Crippen LogP contribution in [0.15, 0.2) is 59.6 Å². The van der Waals surface area contributed by atoms with Crippen molar-refractivity contribution in [3.63, 3.8) is 0 Å². The zero-order valence-electron chi connectivity index (χ0n) is 13.0. The maximum absolute atomic E-state index is 13.6. The van der Waals surface area contributed by atoms with Crippen LogP contribution in [0, 0.1) is 5.82 Å². The number of benzene rings is 2. The summed E-state index contributed by atoms with van der Waals surface area (Å²) in [5.41, 5.74) is 3.22. The van der Waals surface area contributed by atoms with Gasteiger partial charge in [-0.3, -0.25) is 14.9 Å². The number of halogens is 1. The second-order valence-corrected chi connectivity index (χ2v) is 6.69. The molecule has 2 N–H and O–H groups in total. The maximum atomic E-state index is 13.6. The van der Waals surface area contributed by atoms with Crippen LogP contribution < -0.4 is 5.32 Å². The van der Waals surface area contributed by atoms with Crippen molar-refractivity contribution in [2.75, 3.05) is 0 Å². The Hall–Kier alpha value is -2.86.